The van der Waals surface area contributed by atoms with Crippen molar-refractivity contribution in [3.63, 3.8) is 0 Å². The Labute approximate surface area is 168 Å². The van der Waals surface area contributed by atoms with Gasteiger partial charge < -0.3 is 14.8 Å². The Balaban J connectivity index is 1.77. The molecule has 0 spiro atoms. The number of carbonyl (C=O) groups is 1. The molecule has 2 heterocycles. The number of aromatic nitrogens is 2. The maximum absolute atomic E-state index is 12.4. The minimum atomic E-state index is -0.124. The summed E-state index contributed by atoms with van der Waals surface area (Å²) in [6.07, 6.45) is 2.13. The van der Waals surface area contributed by atoms with E-state index in [1.807, 2.05) is 43.3 Å². The van der Waals surface area contributed by atoms with Crippen LogP contribution in [-0.4, -0.2) is 29.4 Å². The monoisotopic (exact) mass is 397 g/mol. The first-order valence-electron chi connectivity index (χ1n) is 9.05. The number of nitrogens with one attached hydrogen (secondary N) is 1. The van der Waals surface area contributed by atoms with E-state index in [1.165, 1.54) is 0 Å². The van der Waals surface area contributed by atoms with E-state index in [9.17, 15) is 4.79 Å². The molecule has 1 aliphatic heterocycles. The van der Waals surface area contributed by atoms with E-state index in [-0.39, 0.29) is 11.8 Å². The molecule has 1 aliphatic rings. The van der Waals surface area contributed by atoms with Crippen LogP contribution in [0.3, 0.4) is 0 Å². The van der Waals surface area contributed by atoms with Crippen molar-refractivity contribution in [1.82, 2.24) is 9.78 Å². The van der Waals surface area contributed by atoms with E-state index in [2.05, 4.69) is 10.4 Å². The number of hydrogen-bond acceptors (Lipinski definition) is 4. The highest BCUT2D eigenvalue weighted by Crippen LogP contribution is 2.40. The van der Waals surface area contributed by atoms with E-state index in [0.717, 1.165) is 16.8 Å². The average molecular weight is 398 g/mol. The summed E-state index contributed by atoms with van der Waals surface area (Å²) in [5.41, 5.74) is 2.71. The zero-order valence-electron chi connectivity index (χ0n) is 15.6. The Morgan fingerprint density at radius 2 is 2.11 bits per heavy atom. The lowest BCUT2D eigenvalue weighted by molar-refractivity contribution is -0.116. The van der Waals surface area contributed by atoms with Gasteiger partial charge >= 0.3 is 0 Å². The van der Waals surface area contributed by atoms with Crippen LogP contribution in [0.15, 0.2) is 48.7 Å². The van der Waals surface area contributed by atoms with E-state index in [0.29, 0.717) is 35.4 Å². The number of ether oxygens (including phenoxy) is 2. The van der Waals surface area contributed by atoms with Crippen molar-refractivity contribution < 1.29 is 14.3 Å². The molecule has 2 aromatic carbocycles. The summed E-state index contributed by atoms with van der Waals surface area (Å²) in [5, 5.41) is 8.05. The minimum Gasteiger partial charge on any atom is -0.493 e. The summed E-state index contributed by atoms with van der Waals surface area (Å²) in [6, 6.07) is 13.1. The maximum Gasteiger partial charge on any atom is 0.226 e. The smallest absolute Gasteiger partial charge is 0.226 e. The SMILES string of the molecule is CCOc1ccc([C@H]2CC(=O)Nc3c2cnn3-c2cccc(Cl)c2)cc1OC. The van der Waals surface area contributed by atoms with Gasteiger partial charge in [-0.05, 0) is 42.8 Å². The quantitative estimate of drug-likeness (QED) is 0.692. The zero-order valence-corrected chi connectivity index (χ0v) is 16.4. The van der Waals surface area contributed by atoms with E-state index < -0.39 is 0 Å². The van der Waals surface area contributed by atoms with Crippen molar-refractivity contribution in [1.29, 1.82) is 0 Å². The summed E-state index contributed by atoms with van der Waals surface area (Å²) >= 11 is 6.12. The summed E-state index contributed by atoms with van der Waals surface area (Å²) < 4.78 is 12.8. The minimum absolute atomic E-state index is 0.0610. The molecule has 7 heteroatoms. The number of anilines is 1. The van der Waals surface area contributed by atoms with Crippen LogP contribution in [0, 0.1) is 0 Å². The summed E-state index contributed by atoms with van der Waals surface area (Å²) in [4.78, 5) is 12.4. The van der Waals surface area contributed by atoms with Crippen LogP contribution in [0.1, 0.15) is 30.4 Å². The molecule has 0 radical (unpaired) electrons. The fraction of sp³-hybridized carbons (Fsp3) is 0.238. The van der Waals surface area contributed by atoms with Gasteiger partial charge in [-0.25, -0.2) is 4.68 Å². The Hall–Kier alpha value is -2.99. The number of methoxy groups -OCH3 is 1. The molecule has 1 atom stereocenters. The van der Waals surface area contributed by atoms with E-state index >= 15 is 0 Å². The van der Waals surface area contributed by atoms with E-state index in [1.54, 1.807) is 24.1 Å². The molecule has 4 rings (SSSR count). The number of fused-ring (bicyclic) bond motifs is 1. The fourth-order valence-electron chi connectivity index (χ4n) is 3.50. The van der Waals surface area contributed by atoms with Gasteiger partial charge in [-0.2, -0.15) is 5.10 Å². The Kier molecular flexibility index (Phi) is 4.96. The van der Waals surface area contributed by atoms with Crippen LogP contribution in [-0.2, 0) is 4.79 Å². The summed E-state index contributed by atoms with van der Waals surface area (Å²) in [6.45, 7) is 2.48. The summed E-state index contributed by atoms with van der Waals surface area (Å²) in [5.74, 6) is 1.81. The Bertz CT molecular complexity index is 1030. The lowest BCUT2D eigenvalue weighted by atomic mass is 9.87. The number of nitrogens with zero attached hydrogens (tertiary/aromatic N) is 2. The molecule has 6 nitrogen and oxygen atoms in total. The van der Waals surface area contributed by atoms with Crippen LogP contribution >= 0.6 is 11.6 Å². The second-order valence-corrected chi connectivity index (χ2v) is 6.92. The second kappa shape index (κ2) is 7.56. The number of halogens is 1. The van der Waals surface area contributed by atoms with Crippen molar-refractivity contribution >= 4 is 23.3 Å². The highest BCUT2D eigenvalue weighted by atomic mass is 35.5. The van der Waals surface area contributed by atoms with Gasteiger partial charge in [-0.15, -0.1) is 0 Å². The first kappa shape index (κ1) is 18.4. The van der Waals surface area contributed by atoms with Crippen LogP contribution in [0.25, 0.3) is 5.69 Å². The van der Waals surface area contributed by atoms with Crippen LogP contribution < -0.4 is 14.8 Å². The molecule has 144 valence electrons. The lowest BCUT2D eigenvalue weighted by Gasteiger charge is -2.24. The third kappa shape index (κ3) is 3.31. The van der Waals surface area contributed by atoms with Gasteiger partial charge in [0.05, 0.1) is 25.6 Å². The van der Waals surface area contributed by atoms with Crippen molar-refractivity contribution in [2.24, 2.45) is 0 Å². The molecule has 0 fully saturated rings. The molecule has 28 heavy (non-hydrogen) atoms. The van der Waals surface area contributed by atoms with Crippen molar-refractivity contribution in [2.45, 2.75) is 19.3 Å². The summed E-state index contributed by atoms with van der Waals surface area (Å²) in [7, 11) is 1.61. The fourth-order valence-corrected chi connectivity index (χ4v) is 3.68. The molecule has 0 bridgehead atoms. The topological polar surface area (TPSA) is 65.4 Å². The Morgan fingerprint density at radius 1 is 1.25 bits per heavy atom. The van der Waals surface area contributed by atoms with Crippen LogP contribution in [0.4, 0.5) is 5.82 Å². The molecular formula is C21H20ClN3O3. The third-order valence-electron chi connectivity index (χ3n) is 4.76. The second-order valence-electron chi connectivity index (χ2n) is 6.49. The van der Waals surface area contributed by atoms with Gasteiger partial charge in [0.2, 0.25) is 5.91 Å². The normalized spacial score (nSPS) is 15.7. The maximum atomic E-state index is 12.4. The largest absolute Gasteiger partial charge is 0.493 e. The van der Waals surface area contributed by atoms with Crippen molar-refractivity contribution in [3.8, 4) is 17.2 Å². The number of amides is 1. The highest BCUT2D eigenvalue weighted by molar-refractivity contribution is 6.30. The molecule has 0 unspecified atom stereocenters. The number of hydrogen-bond donors (Lipinski definition) is 1. The first-order valence-corrected chi connectivity index (χ1v) is 9.43. The first-order chi connectivity index (χ1) is 13.6. The Morgan fingerprint density at radius 3 is 2.86 bits per heavy atom. The molecule has 3 aromatic rings. The molecule has 0 saturated carbocycles. The number of carbonyl (C=O) groups excluding carboxylic acids is 1. The molecule has 1 amide bonds. The molecule has 0 aliphatic carbocycles. The van der Waals surface area contributed by atoms with Gasteiger partial charge in [-0.3, -0.25) is 4.79 Å². The number of rotatable bonds is 5. The van der Waals surface area contributed by atoms with Crippen molar-refractivity contribution in [3.05, 3.63) is 64.8 Å². The van der Waals surface area contributed by atoms with Gasteiger partial charge in [0.25, 0.3) is 0 Å². The zero-order chi connectivity index (χ0) is 19.7. The van der Waals surface area contributed by atoms with Crippen molar-refractivity contribution in [2.75, 3.05) is 19.0 Å². The molecular weight excluding hydrogens is 378 g/mol. The predicted octanol–water partition coefficient (Wildman–Crippen LogP) is 4.41. The van der Waals surface area contributed by atoms with Crippen LogP contribution in [0.5, 0.6) is 11.5 Å². The number of benzene rings is 2. The van der Waals surface area contributed by atoms with Gasteiger partial charge in [0, 0.05) is 22.9 Å². The highest BCUT2D eigenvalue weighted by Gasteiger charge is 2.31. The predicted molar refractivity (Wildman–Crippen MR) is 108 cm³/mol. The average Bonchev–Trinajstić information content (AvgIpc) is 3.11. The lowest BCUT2D eigenvalue weighted by Crippen LogP contribution is -2.24. The van der Waals surface area contributed by atoms with Gasteiger partial charge in [-0.1, -0.05) is 23.7 Å². The van der Waals surface area contributed by atoms with Gasteiger partial charge in [0.1, 0.15) is 5.82 Å². The molecule has 1 N–H and O–H groups in total. The van der Waals surface area contributed by atoms with Crippen LogP contribution in [0.2, 0.25) is 5.02 Å². The van der Waals surface area contributed by atoms with Gasteiger partial charge in [0.15, 0.2) is 11.5 Å². The molecule has 1 aromatic heterocycles. The molecule has 0 saturated heterocycles. The standard InChI is InChI=1S/C21H20ClN3O3/c1-3-28-18-8-7-13(9-19(18)27-2)16-11-20(26)24-21-17(16)12-23-25(21)15-6-4-5-14(22)10-15/h4-10,12,16H,3,11H2,1-2H3,(H,24,26)/t16-/m1/s1. The third-order valence-corrected chi connectivity index (χ3v) is 5.00. The van der Waals surface area contributed by atoms with E-state index in [4.69, 9.17) is 21.1 Å².